The normalized spacial score (nSPS) is 22.6. The van der Waals surface area contributed by atoms with Crippen LogP contribution in [0.2, 0.25) is 0 Å². The van der Waals surface area contributed by atoms with Gasteiger partial charge in [-0.3, -0.25) is 14.6 Å². The van der Waals surface area contributed by atoms with Crippen LogP contribution in [-0.2, 0) is 4.79 Å². The third kappa shape index (κ3) is 3.11. The number of likely N-dealkylation sites (N-methyl/N-ethyl adjacent to an activating group) is 1. The van der Waals surface area contributed by atoms with E-state index in [4.69, 9.17) is 0 Å². The van der Waals surface area contributed by atoms with Gasteiger partial charge in [0.25, 0.3) is 5.91 Å². The number of carbonyl (C=O) groups is 2. The highest BCUT2D eigenvalue weighted by molar-refractivity contribution is 5.92. The Hall–Kier alpha value is -2.02. The first kappa shape index (κ1) is 14.4. The van der Waals surface area contributed by atoms with Gasteiger partial charge in [0, 0.05) is 26.3 Å². The Morgan fingerprint density at radius 1 is 1.30 bits per heavy atom. The lowest BCUT2D eigenvalue weighted by Gasteiger charge is -2.18. The van der Waals surface area contributed by atoms with E-state index in [1.165, 1.54) is 6.20 Å². The zero-order valence-corrected chi connectivity index (χ0v) is 11.9. The first-order valence-electron chi connectivity index (χ1n) is 6.51. The second-order valence-corrected chi connectivity index (χ2v) is 5.06. The van der Waals surface area contributed by atoms with E-state index >= 15 is 0 Å². The zero-order chi connectivity index (χ0) is 14.7. The van der Waals surface area contributed by atoms with Gasteiger partial charge in [-0.15, -0.1) is 0 Å². The Morgan fingerprint density at radius 2 is 2.05 bits per heavy atom. The van der Waals surface area contributed by atoms with Crippen molar-refractivity contribution >= 4 is 11.8 Å². The van der Waals surface area contributed by atoms with Gasteiger partial charge in [-0.1, -0.05) is 0 Å². The SMILES string of the molecule is CNC(=O)[C@@H]1CN(C)C[C@@H]1NC(=O)c1cnc(C)cn1. The fourth-order valence-corrected chi connectivity index (χ4v) is 2.35. The summed E-state index contributed by atoms with van der Waals surface area (Å²) in [7, 11) is 3.53. The predicted octanol–water partition coefficient (Wildman–Crippen LogP) is -0.809. The standard InChI is InChI=1S/C13H19N5O2/c1-8-4-16-10(5-15-8)13(20)17-11-7-18(3)6-9(11)12(19)14-2/h4-5,9,11H,6-7H2,1-3H3,(H,14,19)(H,17,20)/t9-,11+/m1/s1. The van der Waals surface area contributed by atoms with E-state index in [2.05, 4.69) is 20.6 Å². The molecule has 2 amide bonds. The van der Waals surface area contributed by atoms with Gasteiger partial charge in [-0.25, -0.2) is 4.98 Å². The highest BCUT2D eigenvalue weighted by Gasteiger charge is 2.36. The number of likely N-dealkylation sites (tertiary alicyclic amines) is 1. The molecule has 1 aromatic rings. The molecule has 7 heteroatoms. The number of hydrogen-bond donors (Lipinski definition) is 2. The van der Waals surface area contributed by atoms with Crippen molar-refractivity contribution in [3.63, 3.8) is 0 Å². The quantitative estimate of drug-likeness (QED) is 0.754. The van der Waals surface area contributed by atoms with Gasteiger partial charge >= 0.3 is 0 Å². The van der Waals surface area contributed by atoms with Crippen molar-refractivity contribution in [3.8, 4) is 0 Å². The van der Waals surface area contributed by atoms with Crippen LogP contribution in [0.3, 0.4) is 0 Å². The molecule has 1 aliphatic rings. The number of nitrogens with zero attached hydrogens (tertiary/aromatic N) is 3. The van der Waals surface area contributed by atoms with Gasteiger partial charge < -0.3 is 15.5 Å². The summed E-state index contributed by atoms with van der Waals surface area (Å²) in [5.74, 6) is -0.603. The van der Waals surface area contributed by atoms with Gasteiger partial charge in [-0.05, 0) is 14.0 Å². The summed E-state index contributed by atoms with van der Waals surface area (Å²) >= 11 is 0. The molecule has 1 aliphatic heterocycles. The van der Waals surface area contributed by atoms with Gasteiger partial charge in [0.05, 0.1) is 23.9 Å². The molecule has 0 saturated carbocycles. The van der Waals surface area contributed by atoms with Gasteiger partial charge in [0.15, 0.2) is 0 Å². The van der Waals surface area contributed by atoms with Crippen molar-refractivity contribution in [2.45, 2.75) is 13.0 Å². The monoisotopic (exact) mass is 277 g/mol. The molecule has 2 N–H and O–H groups in total. The molecule has 0 spiro atoms. The summed E-state index contributed by atoms with van der Waals surface area (Å²) in [6, 6.07) is -0.212. The molecular weight excluding hydrogens is 258 g/mol. The van der Waals surface area contributed by atoms with Crippen molar-refractivity contribution in [3.05, 3.63) is 23.8 Å². The number of nitrogens with one attached hydrogen (secondary N) is 2. The maximum atomic E-state index is 12.1. The predicted molar refractivity (Wildman–Crippen MR) is 73.1 cm³/mol. The largest absolute Gasteiger partial charge is 0.359 e. The van der Waals surface area contributed by atoms with Crippen molar-refractivity contribution in [1.82, 2.24) is 25.5 Å². The summed E-state index contributed by atoms with van der Waals surface area (Å²) in [5, 5.41) is 5.50. The molecule has 7 nitrogen and oxygen atoms in total. The van der Waals surface area contributed by atoms with E-state index in [1.54, 1.807) is 13.2 Å². The Morgan fingerprint density at radius 3 is 2.65 bits per heavy atom. The molecule has 1 aromatic heterocycles. The number of hydrogen-bond acceptors (Lipinski definition) is 5. The van der Waals surface area contributed by atoms with E-state index in [9.17, 15) is 9.59 Å². The number of amides is 2. The molecule has 1 saturated heterocycles. The highest BCUT2D eigenvalue weighted by atomic mass is 16.2. The number of aryl methyl sites for hydroxylation is 1. The summed E-state index contributed by atoms with van der Waals surface area (Å²) < 4.78 is 0. The minimum atomic E-state index is -0.299. The van der Waals surface area contributed by atoms with Crippen LogP contribution >= 0.6 is 0 Å². The Kier molecular flexibility index (Phi) is 4.29. The minimum Gasteiger partial charge on any atom is -0.359 e. The van der Waals surface area contributed by atoms with Gasteiger partial charge in [0.1, 0.15) is 5.69 Å². The molecule has 0 radical (unpaired) electrons. The van der Waals surface area contributed by atoms with Crippen LogP contribution < -0.4 is 10.6 Å². The van der Waals surface area contributed by atoms with E-state index in [0.29, 0.717) is 13.1 Å². The van der Waals surface area contributed by atoms with Crippen molar-refractivity contribution in [2.75, 3.05) is 27.2 Å². The van der Waals surface area contributed by atoms with Crippen molar-refractivity contribution in [2.24, 2.45) is 5.92 Å². The fraction of sp³-hybridized carbons (Fsp3) is 0.538. The van der Waals surface area contributed by atoms with Crippen molar-refractivity contribution in [1.29, 1.82) is 0 Å². The lowest BCUT2D eigenvalue weighted by Crippen LogP contribution is -2.45. The summed E-state index contributed by atoms with van der Waals surface area (Å²) in [5.41, 5.74) is 1.02. The van der Waals surface area contributed by atoms with E-state index in [-0.39, 0.29) is 29.5 Å². The second-order valence-electron chi connectivity index (χ2n) is 5.06. The molecule has 2 rings (SSSR count). The summed E-state index contributed by atoms with van der Waals surface area (Å²) in [6.07, 6.45) is 2.99. The number of aromatic nitrogens is 2. The Labute approximate surface area is 117 Å². The molecule has 20 heavy (non-hydrogen) atoms. The third-order valence-electron chi connectivity index (χ3n) is 3.42. The zero-order valence-electron chi connectivity index (χ0n) is 11.9. The average molecular weight is 277 g/mol. The van der Waals surface area contributed by atoms with Crippen LogP contribution in [0, 0.1) is 12.8 Å². The summed E-state index contributed by atoms with van der Waals surface area (Å²) in [4.78, 5) is 34.0. The molecule has 2 heterocycles. The van der Waals surface area contributed by atoms with Crippen LogP contribution in [0.1, 0.15) is 16.2 Å². The summed E-state index contributed by atoms with van der Waals surface area (Å²) in [6.45, 7) is 3.08. The molecule has 0 aliphatic carbocycles. The lowest BCUT2D eigenvalue weighted by molar-refractivity contribution is -0.124. The second kappa shape index (κ2) is 5.96. The van der Waals surface area contributed by atoms with E-state index in [1.807, 2.05) is 18.9 Å². The van der Waals surface area contributed by atoms with Crippen LogP contribution in [-0.4, -0.2) is 59.9 Å². The molecule has 0 unspecified atom stereocenters. The topological polar surface area (TPSA) is 87.2 Å². The minimum absolute atomic E-state index is 0.0605. The highest BCUT2D eigenvalue weighted by Crippen LogP contribution is 2.16. The lowest BCUT2D eigenvalue weighted by atomic mass is 10.0. The molecule has 1 fully saturated rings. The van der Waals surface area contributed by atoms with Crippen LogP contribution in [0.5, 0.6) is 0 Å². The average Bonchev–Trinajstić information content (AvgIpc) is 2.79. The molecule has 2 atom stereocenters. The van der Waals surface area contributed by atoms with E-state index < -0.39 is 0 Å². The van der Waals surface area contributed by atoms with Crippen LogP contribution in [0.4, 0.5) is 0 Å². The fourth-order valence-electron chi connectivity index (χ4n) is 2.35. The Bertz CT molecular complexity index is 502. The first-order valence-corrected chi connectivity index (χ1v) is 6.51. The maximum absolute atomic E-state index is 12.1. The smallest absolute Gasteiger partial charge is 0.271 e. The maximum Gasteiger partial charge on any atom is 0.271 e. The van der Waals surface area contributed by atoms with E-state index in [0.717, 1.165) is 5.69 Å². The third-order valence-corrected chi connectivity index (χ3v) is 3.42. The molecule has 0 bridgehead atoms. The Balaban J connectivity index is 2.06. The molecule has 0 aromatic carbocycles. The first-order chi connectivity index (χ1) is 9.51. The van der Waals surface area contributed by atoms with Gasteiger partial charge in [0.2, 0.25) is 5.91 Å². The number of carbonyl (C=O) groups excluding carboxylic acids is 2. The van der Waals surface area contributed by atoms with Crippen LogP contribution in [0.15, 0.2) is 12.4 Å². The molecular formula is C13H19N5O2. The van der Waals surface area contributed by atoms with Crippen molar-refractivity contribution < 1.29 is 9.59 Å². The van der Waals surface area contributed by atoms with Gasteiger partial charge in [-0.2, -0.15) is 0 Å². The number of rotatable bonds is 3. The van der Waals surface area contributed by atoms with Crippen LogP contribution in [0.25, 0.3) is 0 Å². The molecule has 108 valence electrons.